The number of benzene rings is 1. The van der Waals surface area contributed by atoms with Gasteiger partial charge >= 0.3 is 6.36 Å². The lowest BCUT2D eigenvalue weighted by Crippen LogP contribution is -2.46. The van der Waals surface area contributed by atoms with Crippen molar-refractivity contribution in [1.82, 2.24) is 5.32 Å². The monoisotopic (exact) mass is 300 g/mol. The van der Waals surface area contributed by atoms with Crippen LogP contribution in [0.5, 0.6) is 5.75 Å². The average molecular weight is 300 g/mol. The first-order valence-corrected chi connectivity index (χ1v) is 6.35. The molecule has 4 nitrogen and oxygen atoms in total. The van der Waals surface area contributed by atoms with Gasteiger partial charge in [-0.05, 0) is 37.1 Å². The first-order valence-electron chi connectivity index (χ1n) is 6.35. The maximum Gasteiger partial charge on any atom is 0.573 e. The summed E-state index contributed by atoms with van der Waals surface area (Å²) in [7, 11) is 0. The van der Waals surface area contributed by atoms with Gasteiger partial charge in [-0.15, -0.1) is 13.2 Å². The largest absolute Gasteiger partial charge is 0.573 e. The molecule has 0 heterocycles. The Morgan fingerprint density at radius 1 is 1.24 bits per heavy atom. The van der Waals surface area contributed by atoms with Crippen molar-refractivity contribution in [3.05, 3.63) is 29.8 Å². The number of halogens is 3. The molecular formula is C14H15F3N2O2. The first-order chi connectivity index (χ1) is 9.75. The number of ether oxygens (including phenoxy) is 1. The molecule has 1 aromatic rings. The van der Waals surface area contributed by atoms with E-state index in [9.17, 15) is 18.0 Å². The highest BCUT2D eigenvalue weighted by Gasteiger charge is 2.31. The molecular weight excluding hydrogens is 285 g/mol. The molecule has 0 fully saturated rings. The number of carbonyl (C=O) groups excluding carboxylic acids is 1. The van der Waals surface area contributed by atoms with E-state index in [1.807, 2.05) is 0 Å². The summed E-state index contributed by atoms with van der Waals surface area (Å²) in [5.41, 5.74) is -0.816. The number of hydrogen-bond donors (Lipinski definition) is 1. The van der Waals surface area contributed by atoms with Crippen LogP contribution in [0.1, 0.15) is 37.0 Å². The fourth-order valence-corrected chi connectivity index (χ4v) is 1.71. The van der Waals surface area contributed by atoms with Gasteiger partial charge in [-0.25, -0.2) is 0 Å². The molecule has 0 aromatic heterocycles. The summed E-state index contributed by atoms with van der Waals surface area (Å²) in [6, 6.07) is 6.58. The number of carbonyl (C=O) groups is 1. The molecule has 0 aliphatic rings. The summed E-state index contributed by atoms with van der Waals surface area (Å²) in [6.07, 6.45) is -3.91. The molecule has 0 unspecified atom stereocenters. The Morgan fingerprint density at radius 3 is 2.14 bits per heavy atom. The highest BCUT2D eigenvalue weighted by atomic mass is 19.4. The Hall–Kier alpha value is -2.23. The molecule has 0 spiro atoms. The van der Waals surface area contributed by atoms with Gasteiger partial charge in [0.05, 0.1) is 6.07 Å². The van der Waals surface area contributed by atoms with Gasteiger partial charge in [-0.2, -0.15) is 5.26 Å². The van der Waals surface area contributed by atoms with Crippen molar-refractivity contribution in [2.45, 2.75) is 38.6 Å². The van der Waals surface area contributed by atoms with Crippen LogP contribution < -0.4 is 10.1 Å². The smallest absolute Gasteiger partial charge is 0.406 e. The Kier molecular flexibility index (Phi) is 5.19. The van der Waals surface area contributed by atoms with E-state index in [1.165, 1.54) is 12.1 Å². The fourth-order valence-electron chi connectivity index (χ4n) is 1.71. The third kappa shape index (κ3) is 4.67. The maximum atomic E-state index is 12.0. The van der Waals surface area contributed by atoms with Gasteiger partial charge in [0.2, 0.25) is 0 Å². The van der Waals surface area contributed by atoms with Crippen LogP contribution in [-0.2, 0) is 0 Å². The zero-order valence-electron chi connectivity index (χ0n) is 11.6. The Bertz CT molecular complexity index is 529. The van der Waals surface area contributed by atoms with Crippen LogP contribution in [0.4, 0.5) is 13.2 Å². The summed E-state index contributed by atoms with van der Waals surface area (Å²) in [6.45, 7) is 3.54. The Labute approximate surface area is 120 Å². The molecule has 0 aliphatic heterocycles. The van der Waals surface area contributed by atoms with Crippen LogP contribution in [0, 0.1) is 11.3 Å². The number of rotatable bonds is 5. The van der Waals surface area contributed by atoms with E-state index in [2.05, 4.69) is 16.1 Å². The van der Waals surface area contributed by atoms with Crippen LogP contribution in [0.2, 0.25) is 0 Å². The molecule has 1 aromatic carbocycles. The number of alkyl halides is 3. The van der Waals surface area contributed by atoms with Crippen molar-refractivity contribution in [2.75, 3.05) is 0 Å². The zero-order valence-corrected chi connectivity index (χ0v) is 11.6. The van der Waals surface area contributed by atoms with E-state index in [0.29, 0.717) is 12.8 Å². The Morgan fingerprint density at radius 2 is 1.76 bits per heavy atom. The average Bonchev–Trinajstić information content (AvgIpc) is 2.44. The lowest BCUT2D eigenvalue weighted by Gasteiger charge is -2.24. The molecule has 1 rings (SSSR count). The number of nitrogens with one attached hydrogen (secondary N) is 1. The van der Waals surface area contributed by atoms with Gasteiger partial charge < -0.3 is 10.1 Å². The SMILES string of the molecule is CCC(C#N)(CC)NC(=O)c1ccc(OC(F)(F)F)cc1. The second kappa shape index (κ2) is 6.48. The van der Waals surface area contributed by atoms with E-state index < -0.39 is 23.6 Å². The number of hydrogen-bond acceptors (Lipinski definition) is 3. The second-order valence-electron chi connectivity index (χ2n) is 4.43. The van der Waals surface area contributed by atoms with Gasteiger partial charge in [0.15, 0.2) is 0 Å². The highest BCUT2D eigenvalue weighted by molar-refractivity contribution is 5.95. The predicted octanol–water partition coefficient (Wildman–Crippen LogP) is 3.40. The van der Waals surface area contributed by atoms with Crippen LogP contribution in [-0.4, -0.2) is 17.8 Å². The van der Waals surface area contributed by atoms with Crippen LogP contribution in [0.3, 0.4) is 0 Å². The van der Waals surface area contributed by atoms with Gasteiger partial charge in [-0.3, -0.25) is 4.79 Å². The summed E-state index contributed by atoms with van der Waals surface area (Å²) in [4.78, 5) is 12.0. The van der Waals surface area contributed by atoms with Crippen LogP contribution >= 0.6 is 0 Å². The minimum Gasteiger partial charge on any atom is -0.406 e. The zero-order chi connectivity index (χ0) is 16.1. The Balaban J connectivity index is 2.83. The van der Waals surface area contributed by atoms with Crippen molar-refractivity contribution < 1.29 is 22.7 Å². The van der Waals surface area contributed by atoms with Crippen molar-refractivity contribution in [3.63, 3.8) is 0 Å². The van der Waals surface area contributed by atoms with Gasteiger partial charge in [-0.1, -0.05) is 13.8 Å². The van der Waals surface area contributed by atoms with Crippen LogP contribution in [0.25, 0.3) is 0 Å². The van der Waals surface area contributed by atoms with Crippen LogP contribution in [0.15, 0.2) is 24.3 Å². The minimum absolute atomic E-state index is 0.158. The van der Waals surface area contributed by atoms with Crippen molar-refractivity contribution in [1.29, 1.82) is 5.26 Å². The summed E-state index contributed by atoms with van der Waals surface area (Å²) in [5.74, 6) is -0.921. The topological polar surface area (TPSA) is 62.1 Å². The molecule has 1 N–H and O–H groups in total. The van der Waals surface area contributed by atoms with E-state index in [4.69, 9.17) is 5.26 Å². The number of nitriles is 1. The third-order valence-corrected chi connectivity index (χ3v) is 3.12. The van der Waals surface area contributed by atoms with Gasteiger partial charge in [0.25, 0.3) is 5.91 Å². The first kappa shape index (κ1) is 16.8. The standard InChI is InChI=1S/C14H15F3N2O2/c1-3-13(4-2,9-18)19-12(20)10-5-7-11(8-6-10)21-14(15,16)17/h5-8H,3-4H2,1-2H3,(H,19,20). The molecule has 0 atom stereocenters. The third-order valence-electron chi connectivity index (χ3n) is 3.12. The molecule has 0 saturated carbocycles. The fraction of sp³-hybridized carbons (Fsp3) is 0.429. The lowest BCUT2D eigenvalue weighted by atomic mass is 9.94. The van der Waals surface area contributed by atoms with Crippen molar-refractivity contribution >= 4 is 5.91 Å². The van der Waals surface area contributed by atoms with Gasteiger partial charge in [0, 0.05) is 5.56 Å². The van der Waals surface area contributed by atoms with Gasteiger partial charge in [0.1, 0.15) is 11.3 Å². The molecule has 0 radical (unpaired) electrons. The summed E-state index contributed by atoms with van der Waals surface area (Å²) >= 11 is 0. The predicted molar refractivity (Wildman–Crippen MR) is 69.5 cm³/mol. The normalized spacial score (nSPS) is 11.6. The minimum atomic E-state index is -4.77. The van der Waals surface area contributed by atoms with E-state index in [0.717, 1.165) is 12.1 Å². The molecule has 7 heteroatoms. The summed E-state index contributed by atoms with van der Waals surface area (Å²) in [5, 5.41) is 11.7. The molecule has 0 saturated heterocycles. The van der Waals surface area contributed by atoms with Crippen molar-refractivity contribution in [3.8, 4) is 11.8 Å². The molecule has 0 aliphatic carbocycles. The highest BCUT2D eigenvalue weighted by Crippen LogP contribution is 2.23. The lowest BCUT2D eigenvalue weighted by molar-refractivity contribution is -0.274. The van der Waals surface area contributed by atoms with E-state index >= 15 is 0 Å². The maximum absolute atomic E-state index is 12.0. The molecule has 0 bridgehead atoms. The summed E-state index contributed by atoms with van der Waals surface area (Å²) < 4.78 is 39.8. The molecule has 21 heavy (non-hydrogen) atoms. The van der Waals surface area contributed by atoms with Crippen molar-refractivity contribution in [2.24, 2.45) is 0 Å². The molecule has 1 amide bonds. The van der Waals surface area contributed by atoms with E-state index in [-0.39, 0.29) is 5.56 Å². The molecule has 114 valence electrons. The quantitative estimate of drug-likeness (QED) is 0.906. The van der Waals surface area contributed by atoms with E-state index in [1.54, 1.807) is 13.8 Å². The number of amides is 1. The second-order valence-corrected chi connectivity index (χ2v) is 4.43. The number of nitrogens with zero attached hydrogens (tertiary/aromatic N) is 1.